The molecule has 1 aromatic carbocycles. The molecule has 0 aliphatic heterocycles. The van der Waals surface area contributed by atoms with Gasteiger partial charge in [-0.2, -0.15) is 5.10 Å². The zero-order chi connectivity index (χ0) is 18.2. The van der Waals surface area contributed by atoms with Gasteiger partial charge in [0.2, 0.25) is 0 Å². The van der Waals surface area contributed by atoms with Crippen LogP contribution < -0.4 is 5.32 Å². The van der Waals surface area contributed by atoms with E-state index in [1.807, 2.05) is 0 Å². The molecule has 0 aliphatic carbocycles. The van der Waals surface area contributed by atoms with Gasteiger partial charge in [0.05, 0.1) is 0 Å². The summed E-state index contributed by atoms with van der Waals surface area (Å²) in [5.41, 5.74) is 1.66. The molecule has 0 aliphatic rings. The van der Waals surface area contributed by atoms with Gasteiger partial charge in [-0.25, -0.2) is 4.39 Å². The molecule has 0 atom stereocenters. The molecule has 0 radical (unpaired) electrons. The molecule has 1 N–H and O–H groups in total. The molecule has 0 bridgehead atoms. The molecule has 6 heteroatoms. The van der Waals surface area contributed by atoms with Crippen molar-refractivity contribution in [3.05, 3.63) is 53.1 Å². The molecule has 25 heavy (non-hydrogen) atoms. The average molecular weight is 342 g/mol. The zero-order valence-corrected chi connectivity index (χ0v) is 14.8. The minimum absolute atomic E-state index is 0.211. The van der Waals surface area contributed by atoms with Gasteiger partial charge in [-0.05, 0) is 43.3 Å². The van der Waals surface area contributed by atoms with Crippen LogP contribution in [0.1, 0.15) is 35.6 Å². The fourth-order valence-corrected chi connectivity index (χ4v) is 2.32. The maximum Gasteiger partial charge on any atom is 0.271 e. The first-order chi connectivity index (χ1) is 12.0. The number of hydrogen-bond acceptors (Lipinski definition) is 3. The van der Waals surface area contributed by atoms with Crippen molar-refractivity contribution in [2.24, 2.45) is 7.05 Å². The fraction of sp³-hybridized carbons (Fsp3) is 0.368. The van der Waals surface area contributed by atoms with Crippen LogP contribution in [0.25, 0.3) is 0 Å². The highest BCUT2D eigenvalue weighted by atomic mass is 19.1. The van der Waals surface area contributed by atoms with E-state index in [-0.39, 0.29) is 11.7 Å². The molecule has 0 saturated heterocycles. The van der Waals surface area contributed by atoms with Gasteiger partial charge in [0, 0.05) is 31.8 Å². The van der Waals surface area contributed by atoms with Crippen LogP contribution in [0.5, 0.6) is 0 Å². The van der Waals surface area contributed by atoms with Gasteiger partial charge in [-0.3, -0.25) is 9.48 Å². The third-order valence-corrected chi connectivity index (χ3v) is 3.90. The number of rotatable bonds is 6. The van der Waals surface area contributed by atoms with Crippen molar-refractivity contribution < 1.29 is 9.18 Å². The van der Waals surface area contributed by atoms with Crippen LogP contribution in [0, 0.1) is 17.7 Å². The van der Waals surface area contributed by atoms with E-state index in [0.717, 1.165) is 19.6 Å². The van der Waals surface area contributed by atoms with Crippen molar-refractivity contribution in [3.63, 3.8) is 0 Å². The number of carbonyl (C=O) groups excluding carboxylic acids is 1. The summed E-state index contributed by atoms with van der Waals surface area (Å²) in [5, 5.41) is 7.08. The number of carbonyl (C=O) groups is 1. The van der Waals surface area contributed by atoms with Gasteiger partial charge in [0.15, 0.2) is 5.69 Å². The Balaban J connectivity index is 1.99. The maximum atomic E-state index is 12.9. The Labute approximate surface area is 147 Å². The lowest BCUT2D eigenvalue weighted by molar-refractivity contribution is 0.0943. The molecule has 1 amide bonds. The fourth-order valence-electron chi connectivity index (χ4n) is 2.32. The minimum atomic E-state index is -0.297. The largest absolute Gasteiger partial charge is 0.349 e. The second-order valence-electron chi connectivity index (χ2n) is 5.58. The molecule has 132 valence electrons. The number of hydrogen-bond donors (Lipinski definition) is 1. The van der Waals surface area contributed by atoms with E-state index in [1.54, 1.807) is 29.9 Å². The summed E-state index contributed by atoms with van der Waals surface area (Å²) in [7, 11) is 1.74. The highest BCUT2D eigenvalue weighted by Gasteiger charge is 2.11. The Morgan fingerprint density at radius 3 is 2.56 bits per heavy atom. The van der Waals surface area contributed by atoms with Gasteiger partial charge >= 0.3 is 0 Å². The number of likely N-dealkylation sites (N-methyl/N-ethyl adjacent to an activating group) is 1. The molecule has 2 rings (SSSR count). The van der Waals surface area contributed by atoms with Gasteiger partial charge in [-0.15, -0.1) is 0 Å². The lowest BCUT2D eigenvalue weighted by Gasteiger charge is -2.17. The lowest BCUT2D eigenvalue weighted by atomic mass is 10.2. The van der Waals surface area contributed by atoms with E-state index in [9.17, 15) is 9.18 Å². The van der Waals surface area contributed by atoms with Crippen molar-refractivity contribution in [2.75, 3.05) is 26.2 Å². The van der Waals surface area contributed by atoms with E-state index in [0.29, 0.717) is 23.5 Å². The normalized spacial score (nSPS) is 10.4. The van der Waals surface area contributed by atoms with Gasteiger partial charge < -0.3 is 10.2 Å². The van der Waals surface area contributed by atoms with E-state index in [4.69, 9.17) is 0 Å². The van der Waals surface area contributed by atoms with Crippen LogP contribution in [0.3, 0.4) is 0 Å². The number of nitrogens with zero attached hydrogens (tertiary/aromatic N) is 3. The molecule has 5 nitrogen and oxygen atoms in total. The lowest BCUT2D eigenvalue weighted by Crippen LogP contribution is -2.35. The highest BCUT2D eigenvalue weighted by Crippen LogP contribution is 2.04. The van der Waals surface area contributed by atoms with Crippen molar-refractivity contribution in [3.8, 4) is 11.8 Å². The second kappa shape index (κ2) is 9.00. The van der Waals surface area contributed by atoms with E-state index in [1.165, 1.54) is 12.1 Å². The predicted octanol–water partition coefficient (Wildman–Crippen LogP) is 2.03. The van der Waals surface area contributed by atoms with E-state index in [2.05, 4.69) is 41.0 Å². The zero-order valence-electron chi connectivity index (χ0n) is 14.8. The van der Waals surface area contributed by atoms with Crippen molar-refractivity contribution in [1.29, 1.82) is 0 Å². The van der Waals surface area contributed by atoms with E-state index < -0.39 is 0 Å². The quantitative estimate of drug-likeness (QED) is 0.817. The van der Waals surface area contributed by atoms with Crippen molar-refractivity contribution in [1.82, 2.24) is 20.0 Å². The first kappa shape index (κ1) is 18.7. The summed E-state index contributed by atoms with van der Waals surface area (Å²) in [6.07, 6.45) is 0. The monoisotopic (exact) mass is 342 g/mol. The second-order valence-corrected chi connectivity index (χ2v) is 5.58. The number of nitrogens with one attached hydrogen (secondary N) is 1. The number of halogens is 1. The third-order valence-electron chi connectivity index (χ3n) is 3.90. The molecule has 0 fully saturated rings. The third kappa shape index (κ3) is 5.44. The Kier molecular flexibility index (Phi) is 6.72. The molecular formula is C19H23FN4O. The minimum Gasteiger partial charge on any atom is -0.349 e. The Hall–Kier alpha value is -2.65. The standard InChI is InChI=1S/C19H23FN4O/c1-4-24(5-2)13-12-21-19(25)18-14-17(23(3)22-18)11-8-15-6-9-16(20)10-7-15/h6-7,9-10,14H,4-5,12-13H2,1-3H3,(H,21,25). The molecular weight excluding hydrogens is 319 g/mol. The molecule has 2 aromatic rings. The smallest absolute Gasteiger partial charge is 0.271 e. The average Bonchev–Trinajstić information content (AvgIpc) is 2.99. The van der Waals surface area contributed by atoms with Crippen molar-refractivity contribution in [2.45, 2.75) is 13.8 Å². The Morgan fingerprint density at radius 2 is 1.92 bits per heavy atom. The van der Waals surface area contributed by atoms with E-state index >= 15 is 0 Å². The van der Waals surface area contributed by atoms with Gasteiger partial charge in [0.1, 0.15) is 11.5 Å². The number of aryl methyl sites for hydroxylation is 1. The topological polar surface area (TPSA) is 50.2 Å². The first-order valence-electron chi connectivity index (χ1n) is 8.35. The summed E-state index contributed by atoms with van der Waals surface area (Å²) < 4.78 is 14.5. The Morgan fingerprint density at radius 1 is 1.24 bits per heavy atom. The predicted molar refractivity (Wildman–Crippen MR) is 95.7 cm³/mol. The molecule has 0 spiro atoms. The summed E-state index contributed by atoms with van der Waals surface area (Å²) >= 11 is 0. The SMILES string of the molecule is CCN(CC)CCNC(=O)c1cc(C#Cc2ccc(F)cc2)n(C)n1. The summed E-state index contributed by atoms with van der Waals surface area (Å²) in [4.78, 5) is 14.4. The van der Waals surface area contributed by atoms with Crippen LogP contribution in [0.4, 0.5) is 4.39 Å². The molecule has 0 unspecified atom stereocenters. The first-order valence-corrected chi connectivity index (χ1v) is 8.35. The highest BCUT2D eigenvalue weighted by molar-refractivity contribution is 5.92. The molecule has 1 heterocycles. The molecule has 1 aromatic heterocycles. The summed E-state index contributed by atoms with van der Waals surface area (Å²) in [6.45, 7) is 7.49. The molecule has 0 saturated carbocycles. The maximum absolute atomic E-state index is 12.9. The Bertz CT molecular complexity index is 767. The van der Waals surface area contributed by atoms with Crippen molar-refractivity contribution >= 4 is 5.91 Å². The van der Waals surface area contributed by atoms with Crippen LogP contribution in [0.2, 0.25) is 0 Å². The number of amides is 1. The number of benzene rings is 1. The van der Waals surface area contributed by atoms with Gasteiger partial charge in [0.25, 0.3) is 5.91 Å². The van der Waals surface area contributed by atoms with Crippen LogP contribution in [0.15, 0.2) is 30.3 Å². The van der Waals surface area contributed by atoms with Crippen LogP contribution in [-0.2, 0) is 7.05 Å². The summed E-state index contributed by atoms with van der Waals surface area (Å²) in [6, 6.07) is 7.60. The van der Waals surface area contributed by atoms with Gasteiger partial charge in [-0.1, -0.05) is 19.8 Å². The number of aromatic nitrogens is 2. The van der Waals surface area contributed by atoms with Crippen LogP contribution >= 0.6 is 0 Å². The summed E-state index contributed by atoms with van der Waals surface area (Å²) in [5.74, 6) is 5.39. The van der Waals surface area contributed by atoms with Crippen LogP contribution in [-0.4, -0.2) is 46.8 Å².